The van der Waals surface area contributed by atoms with Crippen LogP contribution in [0.3, 0.4) is 0 Å². The number of alkyl halides is 1. The minimum absolute atomic E-state index is 0.208. The van der Waals surface area contributed by atoms with Crippen LogP contribution in [-0.2, 0) is 0 Å². The highest BCUT2D eigenvalue weighted by Crippen LogP contribution is 2.34. The fourth-order valence-electron chi connectivity index (χ4n) is 1.04. The first-order valence-electron chi connectivity index (χ1n) is 3.47. The predicted octanol–water partition coefficient (Wildman–Crippen LogP) is 3.48. The second kappa shape index (κ2) is 3.04. The summed E-state index contributed by atoms with van der Waals surface area (Å²) in [6.45, 7) is 5.69. The van der Waals surface area contributed by atoms with Crippen molar-refractivity contribution in [1.29, 1.82) is 0 Å². The van der Waals surface area contributed by atoms with Crippen molar-refractivity contribution in [3.8, 4) is 0 Å². The van der Waals surface area contributed by atoms with E-state index in [4.69, 9.17) is 23.2 Å². The van der Waals surface area contributed by atoms with Crippen molar-refractivity contribution >= 4 is 23.2 Å². The second-order valence-corrected chi connectivity index (χ2v) is 3.80. The molecule has 0 spiro atoms. The van der Waals surface area contributed by atoms with Crippen molar-refractivity contribution in [2.24, 2.45) is 5.92 Å². The molecule has 60 valence electrons. The first-order valence-corrected chi connectivity index (χ1v) is 4.23. The average Bonchev–Trinajstić information content (AvgIpc) is 1.98. The predicted molar refractivity (Wildman–Crippen MR) is 51.0 cm³/mol. The lowest BCUT2D eigenvalue weighted by Gasteiger charge is -2.27. The first kappa shape index (κ1) is 8.89. The van der Waals surface area contributed by atoms with Crippen LogP contribution in [0, 0.1) is 5.92 Å². The normalized spacial score (nSPS) is 36.6. The fraction of sp³-hybridized carbons (Fsp3) is 0.333. The van der Waals surface area contributed by atoms with Gasteiger partial charge in [0.25, 0.3) is 0 Å². The zero-order valence-electron chi connectivity index (χ0n) is 6.35. The van der Waals surface area contributed by atoms with Crippen LogP contribution in [-0.4, -0.2) is 4.87 Å². The van der Waals surface area contributed by atoms with Crippen LogP contribution < -0.4 is 0 Å². The second-order valence-electron chi connectivity index (χ2n) is 2.71. The summed E-state index contributed by atoms with van der Waals surface area (Å²) in [6.07, 6.45) is 7.33. The van der Waals surface area contributed by atoms with Crippen molar-refractivity contribution in [2.45, 2.75) is 11.8 Å². The van der Waals surface area contributed by atoms with E-state index in [0.717, 1.165) is 5.03 Å². The molecule has 0 nitrogen and oxygen atoms in total. The molecule has 0 radical (unpaired) electrons. The number of hydrogen-bond donors (Lipinski definition) is 0. The Morgan fingerprint density at radius 1 is 1.73 bits per heavy atom. The van der Waals surface area contributed by atoms with Gasteiger partial charge in [0, 0.05) is 11.0 Å². The monoisotopic (exact) mass is 188 g/mol. The molecule has 1 aliphatic rings. The SMILES string of the molecule is C=CC1(Cl)C=CC(Cl)=CC1C. The summed E-state index contributed by atoms with van der Waals surface area (Å²) >= 11 is 11.9. The third kappa shape index (κ3) is 1.69. The minimum atomic E-state index is -0.446. The lowest BCUT2D eigenvalue weighted by molar-refractivity contribution is 0.639. The van der Waals surface area contributed by atoms with Crippen LogP contribution in [0.2, 0.25) is 0 Å². The van der Waals surface area contributed by atoms with E-state index in [9.17, 15) is 0 Å². The Hall–Kier alpha value is -0.200. The van der Waals surface area contributed by atoms with Crippen molar-refractivity contribution in [1.82, 2.24) is 0 Å². The van der Waals surface area contributed by atoms with Gasteiger partial charge in [0.05, 0.1) is 4.87 Å². The van der Waals surface area contributed by atoms with E-state index >= 15 is 0 Å². The van der Waals surface area contributed by atoms with E-state index in [2.05, 4.69) is 6.58 Å². The first-order chi connectivity index (χ1) is 5.08. The number of allylic oxidation sites excluding steroid dienone is 5. The van der Waals surface area contributed by atoms with Gasteiger partial charge in [-0.25, -0.2) is 0 Å². The van der Waals surface area contributed by atoms with Gasteiger partial charge in [0.15, 0.2) is 0 Å². The zero-order valence-corrected chi connectivity index (χ0v) is 7.86. The molecule has 0 aromatic carbocycles. The molecular weight excluding hydrogens is 179 g/mol. The summed E-state index contributed by atoms with van der Waals surface area (Å²) < 4.78 is 0. The van der Waals surface area contributed by atoms with E-state index in [-0.39, 0.29) is 5.92 Å². The van der Waals surface area contributed by atoms with E-state index in [1.54, 1.807) is 12.2 Å². The lowest BCUT2D eigenvalue weighted by Crippen LogP contribution is -2.25. The van der Waals surface area contributed by atoms with Gasteiger partial charge in [0.1, 0.15) is 0 Å². The van der Waals surface area contributed by atoms with Crippen LogP contribution in [0.1, 0.15) is 6.92 Å². The standard InChI is InChI=1S/C9H10Cl2/c1-3-9(11)5-4-8(10)6-7(9)2/h3-7H,1H2,2H3. The molecule has 0 aromatic rings. The van der Waals surface area contributed by atoms with Gasteiger partial charge in [-0.2, -0.15) is 0 Å². The fourth-order valence-corrected chi connectivity index (χ4v) is 1.41. The summed E-state index contributed by atoms with van der Waals surface area (Å²) in [7, 11) is 0. The van der Waals surface area contributed by atoms with Gasteiger partial charge in [-0.3, -0.25) is 0 Å². The maximum Gasteiger partial charge on any atom is 0.0867 e. The maximum absolute atomic E-state index is 6.17. The molecule has 0 heterocycles. The van der Waals surface area contributed by atoms with E-state index in [0.29, 0.717) is 0 Å². The molecule has 2 heteroatoms. The minimum Gasteiger partial charge on any atom is -0.110 e. The molecule has 0 aliphatic heterocycles. The van der Waals surface area contributed by atoms with Crippen molar-refractivity contribution < 1.29 is 0 Å². The number of rotatable bonds is 1. The molecule has 2 atom stereocenters. The summed E-state index contributed by atoms with van der Waals surface area (Å²) in [5.74, 6) is 0.208. The van der Waals surface area contributed by atoms with Gasteiger partial charge in [-0.1, -0.05) is 36.8 Å². The Kier molecular flexibility index (Phi) is 2.46. The van der Waals surface area contributed by atoms with Crippen LogP contribution >= 0.6 is 23.2 Å². The Balaban J connectivity index is 2.92. The van der Waals surface area contributed by atoms with E-state index in [1.165, 1.54) is 0 Å². The summed E-state index contributed by atoms with van der Waals surface area (Å²) in [5, 5.41) is 0.746. The molecule has 1 aliphatic carbocycles. The molecule has 0 N–H and O–H groups in total. The van der Waals surface area contributed by atoms with Gasteiger partial charge < -0.3 is 0 Å². The van der Waals surface area contributed by atoms with Gasteiger partial charge >= 0.3 is 0 Å². The Morgan fingerprint density at radius 3 is 2.82 bits per heavy atom. The van der Waals surface area contributed by atoms with Gasteiger partial charge in [0.2, 0.25) is 0 Å². The van der Waals surface area contributed by atoms with Crippen LogP contribution in [0.15, 0.2) is 35.9 Å². The van der Waals surface area contributed by atoms with Crippen molar-refractivity contribution in [2.75, 3.05) is 0 Å². The summed E-state index contributed by atoms with van der Waals surface area (Å²) in [5.41, 5.74) is 0. The smallest absolute Gasteiger partial charge is 0.0867 e. The lowest BCUT2D eigenvalue weighted by atomic mass is 9.89. The number of hydrogen-bond acceptors (Lipinski definition) is 0. The molecule has 0 saturated carbocycles. The number of halogens is 2. The molecule has 0 saturated heterocycles. The Bertz CT molecular complexity index is 228. The van der Waals surface area contributed by atoms with Gasteiger partial charge in [-0.15, -0.1) is 18.2 Å². The average molecular weight is 189 g/mol. The molecule has 1 rings (SSSR count). The molecule has 0 aromatic heterocycles. The van der Waals surface area contributed by atoms with Crippen LogP contribution in [0.4, 0.5) is 0 Å². The van der Waals surface area contributed by atoms with Crippen LogP contribution in [0.25, 0.3) is 0 Å². The highest BCUT2D eigenvalue weighted by molar-refractivity contribution is 6.32. The summed E-state index contributed by atoms with van der Waals surface area (Å²) in [4.78, 5) is -0.446. The van der Waals surface area contributed by atoms with Gasteiger partial charge in [-0.05, 0) is 6.08 Å². The Morgan fingerprint density at radius 2 is 2.36 bits per heavy atom. The molecule has 2 unspecified atom stereocenters. The highest BCUT2D eigenvalue weighted by atomic mass is 35.5. The van der Waals surface area contributed by atoms with Crippen LogP contribution in [0.5, 0.6) is 0 Å². The Labute approximate surface area is 77.2 Å². The maximum atomic E-state index is 6.17. The third-order valence-corrected chi connectivity index (χ3v) is 2.79. The summed E-state index contributed by atoms with van der Waals surface area (Å²) in [6, 6.07) is 0. The molecule has 0 bridgehead atoms. The van der Waals surface area contributed by atoms with Crippen molar-refractivity contribution in [3.05, 3.63) is 35.9 Å². The topological polar surface area (TPSA) is 0 Å². The molecule has 0 amide bonds. The van der Waals surface area contributed by atoms with Crippen molar-refractivity contribution in [3.63, 3.8) is 0 Å². The molecular formula is C9H10Cl2. The largest absolute Gasteiger partial charge is 0.110 e. The quantitative estimate of drug-likeness (QED) is 0.437. The van der Waals surface area contributed by atoms with E-state index < -0.39 is 4.87 Å². The zero-order chi connectivity index (χ0) is 8.48. The molecule has 0 fully saturated rings. The third-order valence-electron chi connectivity index (χ3n) is 1.92. The highest BCUT2D eigenvalue weighted by Gasteiger charge is 2.28. The van der Waals surface area contributed by atoms with E-state index in [1.807, 2.05) is 19.1 Å². The molecule has 11 heavy (non-hydrogen) atoms.